The van der Waals surface area contributed by atoms with E-state index in [-0.39, 0.29) is 5.82 Å². The molecule has 2 aromatic rings. The normalized spacial score (nSPS) is 10.2. The molecule has 18 heavy (non-hydrogen) atoms. The smallest absolute Gasteiger partial charge is 0.147 e. The Labute approximate surface area is 105 Å². The molecule has 0 heterocycles. The quantitative estimate of drug-likeness (QED) is 0.754. The average Bonchev–Trinajstić information content (AvgIpc) is 2.38. The highest BCUT2D eigenvalue weighted by atomic mass is 19.1. The van der Waals surface area contributed by atoms with E-state index in [0.717, 1.165) is 11.3 Å². The molecule has 2 rings (SSSR count). The Morgan fingerprint density at radius 1 is 1.17 bits per heavy atom. The van der Waals surface area contributed by atoms with Crippen LogP contribution < -0.4 is 4.90 Å². The Morgan fingerprint density at radius 2 is 1.94 bits per heavy atom. The van der Waals surface area contributed by atoms with Gasteiger partial charge in [-0.1, -0.05) is 12.1 Å². The maximum atomic E-state index is 13.8. The molecule has 0 spiro atoms. The van der Waals surface area contributed by atoms with Crippen LogP contribution in [-0.2, 0) is 0 Å². The fourth-order valence-corrected chi connectivity index (χ4v) is 1.78. The summed E-state index contributed by atoms with van der Waals surface area (Å²) in [7, 11) is 1.75. The highest BCUT2D eigenvalue weighted by Crippen LogP contribution is 2.29. The molecular weight excluding hydrogens is 231 g/mol. The molecule has 0 bridgehead atoms. The van der Waals surface area contributed by atoms with Crippen LogP contribution in [0.15, 0.2) is 47.6 Å². The van der Waals surface area contributed by atoms with Crippen LogP contribution >= 0.6 is 0 Å². The predicted molar refractivity (Wildman–Crippen MR) is 71.1 cm³/mol. The topological polar surface area (TPSA) is 32.7 Å². The number of hydrogen-bond acceptors (Lipinski definition) is 3. The molecule has 4 heteroatoms. The maximum Gasteiger partial charge on any atom is 0.147 e. The highest BCUT2D eigenvalue weighted by molar-refractivity contribution is 5.66. The summed E-state index contributed by atoms with van der Waals surface area (Å²) in [4.78, 5) is 12.2. The van der Waals surface area contributed by atoms with Crippen molar-refractivity contribution in [3.8, 4) is 0 Å². The molecule has 0 fully saturated rings. The zero-order valence-corrected chi connectivity index (χ0v) is 10.2. The minimum absolute atomic E-state index is 0.290. The van der Waals surface area contributed by atoms with E-state index >= 15 is 0 Å². The van der Waals surface area contributed by atoms with Crippen molar-refractivity contribution in [2.24, 2.45) is 5.18 Å². The highest BCUT2D eigenvalue weighted by Gasteiger charge is 2.10. The van der Waals surface area contributed by atoms with Gasteiger partial charge in [-0.3, -0.25) is 0 Å². The van der Waals surface area contributed by atoms with Crippen molar-refractivity contribution in [3.05, 3.63) is 58.8 Å². The Morgan fingerprint density at radius 3 is 2.61 bits per heavy atom. The molecule has 0 amide bonds. The SMILES string of the molecule is Cc1ccc(N(C)c2cccc(N=O)c2)c(F)c1. The first-order valence-corrected chi connectivity index (χ1v) is 5.55. The summed E-state index contributed by atoms with van der Waals surface area (Å²) < 4.78 is 13.8. The summed E-state index contributed by atoms with van der Waals surface area (Å²) in [6, 6.07) is 11.8. The molecule has 0 aliphatic heterocycles. The lowest BCUT2D eigenvalue weighted by molar-refractivity contribution is 0.626. The number of aryl methyl sites for hydroxylation is 1. The van der Waals surface area contributed by atoms with E-state index in [0.29, 0.717) is 11.4 Å². The van der Waals surface area contributed by atoms with Crippen LogP contribution in [0.3, 0.4) is 0 Å². The lowest BCUT2D eigenvalue weighted by Crippen LogP contribution is -2.11. The van der Waals surface area contributed by atoms with Crippen molar-refractivity contribution >= 4 is 17.1 Å². The van der Waals surface area contributed by atoms with Gasteiger partial charge in [0.1, 0.15) is 11.5 Å². The van der Waals surface area contributed by atoms with Crippen molar-refractivity contribution in [2.75, 3.05) is 11.9 Å². The minimum atomic E-state index is -0.290. The molecule has 0 aliphatic rings. The zero-order chi connectivity index (χ0) is 13.1. The van der Waals surface area contributed by atoms with Gasteiger partial charge in [-0.15, -0.1) is 4.91 Å². The van der Waals surface area contributed by atoms with E-state index in [1.807, 2.05) is 13.0 Å². The summed E-state index contributed by atoms with van der Waals surface area (Å²) in [5.74, 6) is -0.290. The van der Waals surface area contributed by atoms with Crippen LogP contribution in [-0.4, -0.2) is 7.05 Å². The standard InChI is InChI=1S/C14H13FN2O/c1-10-6-7-14(13(15)8-10)17(2)12-5-3-4-11(9-12)16-18/h3-9H,1-2H3. The number of halogens is 1. The second kappa shape index (κ2) is 4.96. The Balaban J connectivity index is 2.40. The number of rotatable bonds is 3. The molecule has 0 saturated carbocycles. The predicted octanol–water partition coefficient (Wildman–Crippen LogP) is 4.30. The summed E-state index contributed by atoms with van der Waals surface area (Å²) in [6.45, 7) is 1.84. The fourth-order valence-electron chi connectivity index (χ4n) is 1.78. The van der Waals surface area contributed by atoms with E-state index in [9.17, 15) is 9.30 Å². The number of anilines is 2. The molecule has 2 aromatic carbocycles. The van der Waals surface area contributed by atoms with Crippen LogP contribution in [0.25, 0.3) is 0 Å². The van der Waals surface area contributed by atoms with Gasteiger partial charge in [0.05, 0.1) is 5.69 Å². The van der Waals surface area contributed by atoms with Crippen molar-refractivity contribution in [2.45, 2.75) is 6.92 Å². The second-order valence-corrected chi connectivity index (χ2v) is 4.13. The first-order valence-electron chi connectivity index (χ1n) is 5.55. The summed E-state index contributed by atoms with van der Waals surface area (Å²) in [6.07, 6.45) is 0. The molecule has 3 nitrogen and oxygen atoms in total. The van der Waals surface area contributed by atoms with Crippen LogP contribution in [0.1, 0.15) is 5.56 Å². The molecule has 0 aromatic heterocycles. The number of hydrogen-bond donors (Lipinski definition) is 0. The summed E-state index contributed by atoms with van der Waals surface area (Å²) >= 11 is 0. The van der Waals surface area contributed by atoms with E-state index in [4.69, 9.17) is 0 Å². The third kappa shape index (κ3) is 2.37. The Kier molecular flexibility index (Phi) is 3.37. The van der Waals surface area contributed by atoms with Crippen molar-refractivity contribution in [1.29, 1.82) is 0 Å². The summed E-state index contributed by atoms with van der Waals surface area (Å²) in [5, 5.41) is 2.87. The number of nitrogens with zero attached hydrogens (tertiary/aromatic N) is 2. The fraction of sp³-hybridized carbons (Fsp3) is 0.143. The Bertz CT molecular complexity index is 584. The van der Waals surface area contributed by atoms with Crippen molar-refractivity contribution < 1.29 is 4.39 Å². The van der Waals surface area contributed by atoms with Gasteiger partial charge in [-0.05, 0) is 48.0 Å². The molecule has 0 saturated heterocycles. The van der Waals surface area contributed by atoms with Gasteiger partial charge >= 0.3 is 0 Å². The third-order valence-corrected chi connectivity index (χ3v) is 2.79. The molecule has 0 radical (unpaired) electrons. The molecule has 92 valence electrons. The third-order valence-electron chi connectivity index (χ3n) is 2.79. The number of benzene rings is 2. The van der Waals surface area contributed by atoms with Gasteiger partial charge in [0, 0.05) is 12.7 Å². The van der Waals surface area contributed by atoms with Crippen molar-refractivity contribution in [1.82, 2.24) is 0 Å². The molecule has 0 N–H and O–H groups in total. The Hall–Kier alpha value is -2.23. The lowest BCUT2D eigenvalue weighted by atomic mass is 10.2. The minimum Gasteiger partial charge on any atom is -0.342 e. The van der Waals surface area contributed by atoms with Gasteiger partial charge in [0.15, 0.2) is 0 Å². The monoisotopic (exact) mass is 244 g/mol. The molecular formula is C14H13FN2O. The van der Waals surface area contributed by atoms with Gasteiger partial charge in [-0.2, -0.15) is 0 Å². The second-order valence-electron chi connectivity index (χ2n) is 4.13. The van der Waals surface area contributed by atoms with Crippen LogP contribution in [0.5, 0.6) is 0 Å². The van der Waals surface area contributed by atoms with Gasteiger partial charge in [-0.25, -0.2) is 4.39 Å². The molecule has 0 unspecified atom stereocenters. The number of nitroso groups, excluding NO2 is 1. The van der Waals surface area contributed by atoms with Gasteiger partial charge < -0.3 is 4.90 Å². The zero-order valence-electron chi connectivity index (χ0n) is 10.2. The largest absolute Gasteiger partial charge is 0.342 e. The van der Waals surface area contributed by atoms with Crippen LogP contribution in [0.2, 0.25) is 0 Å². The van der Waals surface area contributed by atoms with E-state index in [2.05, 4.69) is 5.18 Å². The van der Waals surface area contributed by atoms with E-state index in [1.165, 1.54) is 6.07 Å². The van der Waals surface area contributed by atoms with Crippen LogP contribution in [0.4, 0.5) is 21.5 Å². The lowest BCUT2D eigenvalue weighted by Gasteiger charge is -2.20. The van der Waals surface area contributed by atoms with E-state index in [1.54, 1.807) is 42.3 Å². The molecule has 0 aliphatic carbocycles. The first kappa shape index (κ1) is 12.2. The van der Waals surface area contributed by atoms with Gasteiger partial charge in [0.2, 0.25) is 0 Å². The maximum absolute atomic E-state index is 13.8. The first-order chi connectivity index (χ1) is 8.61. The average molecular weight is 244 g/mol. The molecule has 0 atom stereocenters. The summed E-state index contributed by atoms with van der Waals surface area (Å²) in [5.41, 5.74) is 2.37. The van der Waals surface area contributed by atoms with Crippen LogP contribution in [0, 0.1) is 17.6 Å². The van der Waals surface area contributed by atoms with E-state index < -0.39 is 0 Å². The van der Waals surface area contributed by atoms with Crippen molar-refractivity contribution in [3.63, 3.8) is 0 Å². The van der Waals surface area contributed by atoms with Gasteiger partial charge in [0.25, 0.3) is 0 Å².